The number of sulfonamides is 1. The van der Waals surface area contributed by atoms with Crippen molar-refractivity contribution in [2.24, 2.45) is 0 Å². The van der Waals surface area contributed by atoms with Gasteiger partial charge in [-0.25, -0.2) is 13.1 Å². The number of methoxy groups -OCH3 is 1. The fraction of sp³-hybridized carbons (Fsp3) is 0.130. The molecule has 1 N–H and O–H groups in total. The van der Waals surface area contributed by atoms with Gasteiger partial charge in [-0.2, -0.15) is 0 Å². The fourth-order valence-electron chi connectivity index (χ4n) is 3.43. The lowest BCUT2D eigenvalue weighted by molar-refractivity contribution is 0.102. The maximum absolute atomic E-state index is 13.1. The summed E-state index contributed by atoms with van der Waals surface area (Å²) in [6, 6.07) is 18.0. The molecule has 0 saturated heterocycles. The molecule has 0 aliphatic carbocycles. The van der Waals surface area contributed by atoms with Gasteiger partial charge in [-0.1, -0.05) is 18.2 Å². The molecule has 4 rings (SSSR count). The minimum atomic E-state index is -3.86. The Labute approximate surface area is 196 Å². The minimum absolute atomic E-state index is 0.0503. The number of anilines is 2. The zero-order chi connectivity index (χ0) is 24.3. The Hall–Kier alpha value is -4.25. The van der Waals surface area contributed by atoms with E-state index in [1.807, 2.05) is 13.0 Å². The number of carbonyl (C=O) groups excluding carboxylic acids is 1. The van der Waals surface area contributed by atoms with Crippen LogP contribution < -0.4 is 14.4 Å². The number of nitrogens with one attached hydrogen (secondary N) is 1. The van der Waals surface area contributed by atoms with Gasteiger partial charge in [0.1, 0.15) is 12.1 Å². The highest BCUT2D eigenvalue weighted by Gasteiger charge is 2.24. The maximum atomic E-state index is 13.1. The van der Waals surface area contributed by atoms with Crippen molar-refractivity contribution < 1.29 is 17.9 Å². The first-order valence-electron chi connectivity index (χ1n) is 10.2. The molecule has 1 amide bonds. The average Bonchev–Trinajstić information content (AvgIpc) is 3.39. The molecule has 11 heteroatoms. The number of hydrogen-bond acceptors (Lipinski definition) is 7. The molecular weight excluding hydrogens is 456 g/mol. The van der Waals surface area contributed by atoms with Gasteiger partial charge in [0.25, 0.3) is 15.9 Å². The van der Waals surface area contributed by atoms with Gasteiger partial charge >= 0.3 is 0 Å². The number of tetrazole rings is 1. The van der Waals surface area contributed by atoms with Crippen LogP contribution >= 0.6 is 0 Å². The van der Waals surface area contributed by atoms with Crippen LogP contribution in [0.2, 0.25) is 0 Å². The molecule has 1 aromatic heterocycles. The van der Waals surface area contributed by atoms with Crippen molar-refractivity contribution >= 4 is 27.3 Å². The van der Waals surface area contributed by atoms with Crippen LogP contribution in [0, 0.1) is 6.92 Å². The molecule has 0 radical (unpaired) electrons. The standard InChI is InChI=1S/C23H22N6O4S/c1-16-19(7-6-9-20(16)29-15-24-26-27-29)25-23(30)17-11-13-18(14-12-17)34(31,32)28(2)21-8-4-5-10-22(21)33-3/h4-15H,1-3H3,(H,25,30). The van der Waals surface area contributed by atoms with E-state index >= 15 is 0 Å². The Balaban J connectivity index is 1.55. The van der Waals surface area contributed by atoms with Gasteiger partial charge in [0, 0.05) is 18.3 Å². The van der Waals surface area contributed by atoms with Gasteiger partial charge in [0.05, 0.1) is 23.4 Å². The van der Waals surface area contributed by atoms with Gasteiger partial charge in [-0.3, -0.25) is 9.10 Å². The monoisotopic (exact) mass is 478 g/mol. The van der Waals surface area contributed by atoms with Crippen LogP contribution in [0.3, 0.4) is 0 Å². The lowest BCUT2D eigenvalue weighted by Gasteiger charge is -2.21. The molecule has 0 fully saturated rings. The van der Waals surface area contributed by atoms with E-state index in [1.54, 1.807) is 36.4 Å². The van der Waals surface area contributed by atoms with Crippen molar-refractivity contribution in [1.82, 2.24) is 20.2 Å². The molecule has 0 aliphatic rings. The van der Waals surface area contributed by atoms with Crippen molar-refractivity contribution in [3.8, 4) is 11.4 Å². The Morgan fingerprint density at radius 3 is 2.44 bits per heavy atom. The molecule has 1 heterocycles. The number of benzene rings is 3. The number of nitrogens with zero attached hydrogens (tertiary/aromatic N) is 5. The third-order valence-electron chi connectivity index (χ3n) is 5.35. The first kappa shape index (κ1) is 22.9. The number of carbonyl (C=O) groups is 1. The summed E-state index contributed by atoms with van der Waals surface area (Å²) in [6.45, 7) is 1.84. The summed E-state index contributed by atoms with van der Waals surface area (Å²) in [6.07, 6.45) is 1.47. The van der Waals surface area contributed by atoms with E-state index in [1.165, 1.54) is 49.4 Å². The second-order valence-electron chi connectivity index (χ2n) is 7.33. The smallest absolute Gasteiger partial charge is 0.264 e. The largest absolute Gasteiger partial charge is 0.495 e. The zero-order valence-corrected chi connectivity index (χ0v) is 19.5. The molecule has 34 heavy (non-hydrogen) atoms. The second kappa shape index (κ2) is 9.32. The highest BCUT2D eigenvalue weighted by atomic mass is 32.2. The van der Waals surface area contributed by atoms with Crippen LogP contribution in [0.15, 0.2) is 78.0 Å². The van der Waals surface area contributed by atoms with Crippen LogP contribution in [0.25, 0.3) is 5.69 Å². The lowest BCUT2D eigenvalue weighted by atomic mass is 10.1. The highest BCUT2D eigenvalue weighted by molar-refractivity contribution is 7.92. The maximum Gasteiger partial charge on any atom is 0.264 e. The first-order valence-corrected chi connectivity index (χ1v) is 11.6. The average molecular weight is 479 g/mol. The van der Waals surface area contributed by atoms with Crippen LogP contribution in [0.1, 0.15) is 15.9 Å². The molecule has 3 aromatic carbocycles. The van der Waals surface area contributed by atoms with Gasteiger partial charge in [0.15, 0.2) is 0 Å². The Kier molecular flexibility index (Phi) is 6.28. The highest BCUT2D eigenvalue weighted by Crippen LogP contribution is 2.31. The number of rotatable bonds is 7. The summed E-state index contributed by atoms with van der Waals surface area (Å²) < 4.78 is 34.2. The van der Waals surface area contributed by atoms with Crippen LogP contribution in [-0.2, 0) is 10.0 Å². The topological polar surface area (TPSA) is 119 Å². The quantitative estimate of drug-likeness (QED) is 0.433. The number of amides is 1. The number of ether oxygens (including phenoxy) is 1. The first-order chi connectivity index (χ1) is 16.3. The molecule has 4 aromatic rings. The molecule has 0 aliphatic heterocycles. The van der Waals surface area contributed by atoms with Gasteiger partial charge in [-0.15, -0.1) is 5.10 Å². The van der Waals surface area contributed by atoms with E-state index in [0.29, 0.717) is 22.7 Å². The molecule has 0 atom stereocenters. The van der Waals surface area contributed by atoms with E-state index in [9.17, 15) is 13.2 Å². The van der Waals surface area contributed by atoms with Crippen LogP contribution in [0.4, 0.5) is 11.4 Å². The summed E-state index contributed by atoms with van der Waals surface area (Å²) in [5, 5.41) is 14.0. The van der Waals surface area contributed by atoms with Gasteiger partial charge in [0.2, 0.25) is 0 Å². The molecule has 0 spiro atoms. The van der Waals surface area contributed by atoms with Crippen molar-refractivity contribution in [1.29, 1.82) is 0 Å². The van der Waals surface area contributed by atoms with Crippen LogP contribution in [-0.4, -0.2) is 48.7 Å². The number of aromatic nitrogens is 4. The number of hydrogen-bond donors (Lipinski definition) is 1. The molecule has 0 saturated carbocycles. The predicted octanol–water partition coefficient (Wildman–Crippen LogP) is 3.06. The summed E-state index contributed by atoms with van der Waals surface area (Å²) >= 11 is 0. The van der Waals surface area contributed by atoms with E-state index in [4.69, 9.17) is 4.74 Å². The van der Waals surface area contributed by atoms with E-state index in [2.05, 4.69) is 20.8 Å². The Bertz CT molecular complexity index is 1420. The zero-order valence-electron chi connectivity index (χ0n) is 18.7. The summed E-state index contributed by atoms with van der Waals surface area (Å²) in [4.78, 5) is 12.9. The Morgan fingerprint density at radius 2 is 1.76 bits per heavy atom. The van der Waals surface area contributed by atoms with Gasteiger partial charge in [-0.05, 0) is 71.4 Å². The number of para-hydroxylation sites is 2. The van der Waals surface area contributed by atoms with Gasteiger partial charge < -0.3 is 10.1 Å². The van der Waals surface area contributed by atoms with Crippen molar-refractivity contribution in [2.75, 3.05) is 23.8 Å². The van der Waals surface area contributed by atoms with Crippen molar-refractivity contribution in [3.05, 3.63) is 84.2 Å². The molecule has 0 unspecified atom stereocenters. The van der Waals surface area contributed by atoms with Crippen molar-refractivity contribution in [2.45, 2.75) is 11.8 Å². The minimum Gasteiger partial charge on any atom is -0.495 e. The predicted molar refractivity (Wildman–Crippen MR) is 127 cm³/mol. The van der Waals surface area contributed by atoms with E-state index in [0.717, 1.165) is 15.6 Å². The summed E-state index contributed by atoms with van der Waals surface area (Å²) in [7, 11) is -0.932. The fourth-order valence-corrected chi connectivity index (χ4v) is 4.64. The molecule has 174 valence electrons. The van der Waals surface area contributed by atoms with Crippen molar-refractivity contribution in [3.63, 3.8) is 0 Å². The second-order valence-corrected chi connectivity index (χ2v) is 9.30. The van der Waals surface area contributed by atoms with E-state index in [-0.39, 0.29) is 10.8 Å². The molecular formula is C23H22N6O4S. The molecule has 10 nitrogen and oxygen atoms in total. The third kappa shape index (κ3) is 4.33. The Morgan fingerprint density at radius 1 is 1.03 bits per heavy atom. The van der Waals surface area contributed by atoms with E-state index < -0.39 is 10.0 Å². The third-order valence-corrected chi connectivity index (χ3v) is 7.13. The molecule has 0 bridgehead atoms. The normalized spacial score (nSPS) is 11.1. The SMILES string of the molecule is COc1ccccc1N(C)S(=O)(=O)c1ccc(C(=O)Nc2cccc(-n3cnnn3)c2C)cc1. The summed E-state index contributed by atoms with van der Waals surface area (Å²) in [5.41, 5.74) is 2.81. The lowest BCUT2D eigenvalue weighted by Crippen LogP contribution is -2.27. The summed E-state index contributed by atoms with van der Waals surface area (Å²) in [5.74, 6) is 0.0582. The van der Waals surface area contributed by atoms with Crippen LogP contribution in [0.5, 0.6) is 5.75 Å².